The van der Waals surface area contributed by atoms with Crippen LogP contribution < -0.4 is 0 Å². The van der Waals surface area contributed by atoms with Crippen LogP contribution in [-0.2, 0) is 0 Å². The molecule has 0 aliphatic carbocycles. The molecule has 0 fully saturated rings. The maximum absolute atomic E-state index is 2.41. The Kier molecular flexibility index (Phi) is 9.21. The largest absolute Gasteiger partial charge is 0.359 e. The van der Waals surface area contributed by atoms with Crippen molar-refractivity contribution in [3.63, 3.8) is 0 Å². The molecule has 1 aliphatic rings. The van der Waals surface area contributed by atoms with Crippen LogP contribution in [0.15, 0.2) is 23.9 Å². The first-order valence-corrected chi connectivity index (χ1v) is 7.00. The molecule has 0 saturated heterocycles. The van der Waals surface area contributed by atoms with Crippen molar-refractivity contribution in [2.24, 2.45) is 0 Å². The lowest BCUT2D eigenvalue weighted by molar-refractivity contribution is 0.154. The molecule has 1 heterocycles. The molecule has 0 aromatic rings. The molecule has 3 heteroatoms. The van der Waals surface area contributed by atoms with Crippen LogP contribution in [0.4, 0.5) is 0 Å². The van der Waals surface area contributed by atoms with Crippen LogP contribution in [0.25, 0.3) is 0 Å². The number of halogens is 1. The number of likely N-dealkylation sites (N-methyl/N-ethyl adjacent to an activating group) is 2. The third-order valence-corrected chi connectivity index (χ3v) is 3.41. The molecule has 0 aromatic carbocycles. The topological polar surface area (TPSA) is 6.48 Å². The number of hydrogen-bond donors (Lipinski definition) is 0. The van der Waals surface area contributed by atoms with Gasteiger partial charge in [0.2, 0.25) is 0 Å². The number of nitrogens with zero attached hydrogens (tertiary/aromatic N) is 2. The van der Waals surface area contributed by atoms with Crippen LogP contribution in [0, 0.1) is 0 Å². The summed E-state index contributed by atoms with van der Waals surface area (Å²) < 4.78 is 0. The first kappa shape index (κ1) is 17.5. The zero-order valence-electron chi connectivity index (χ0n) is 12.4. The van der Waals surface area contributed by atoms with Gasteiger partial charge in [-0.2, -0.15) is 0 Å². The molecule has 1 atom stereocenters. The Hall–Kier alpha value is -0.470. The van der Waals surface area contributed by atoms with E-state index in [4.69, 9.17) is 0 Å². The highest BCUT2D eigenvalue weighted by molar-refractivity contribution is 5.85. The molecule has 1 aliphatic heterocycles. The highest BCUT2D eigenvalue weighted by Gasteiger charge is 2.22. The molecule has 18 heavy (non-hydrogen) atoms. The van der Waals surface area contributed by atoms with Crippen molar-refractivity contribution in [2.75, 3.05) is 20.6 Å². The normalized spacial score (nSPS) is 18.8. The van der Waals surface area contributed by atoms with Crippen LogP contribution in [-0.4, -0.2) is 36.6 Å². The van der Waals surface area contributed by atoms with Crippen molar-refractivity contribution in [3.05, 3.63) is 23.9 Å². The maximum Gasteiger partial charge on any atom is 0.103 e. The quantitative estimate of drug-likeness (QED) is 0.646. The van der Waals surface area contributed by atoms with Gasteiger partial charge in [0.15, 0.2) is 0 Å². The van der Waals surface area contributed by atoms with Crippen LogP contribution in [0.2, 0.25) is 0 Å². The van der Waals surface area contributed by atoms with Gasteiger partial charge in [-0.1, -0.05) is 32.3 Å². The van der Waals surface area contributed by atoms with Crippen LogP contribution in [0.3, 0.4) is 0 Å². The lowest BCUT2D eigenvalue weighted by atomic mass is 10.0. The predicted octanol–water partition coefficient (Wildman–Crippen LogP) is 4.04. The van der Waals surface area contributed by atoms with E-state index in [2.05, 4.69) is 56.1 Å². The van der Waals surface area contributed by atoms with E-state index in [9.17, 15) is 0 Å². The highest BCUT2D eigenvalue weighted by Crippen LogP contribution is 2.23. The van der Waals surface area contributed by atoms with Gasteiger partial charge in [-0.15, -0.1) is 12.4 Å². The Morgan fingerprint density at radius 1 is 1.17 bits per heavy atom. The van der Waals surface area contributed by atoms with Crippen molar-refractivity contribution in [3.8, 4) is 0 Å². The van der Waals surface area contributed by atoms with Gasteiger partial charge in [0.05, 0.1) is 0 Å². The lowest BCUT2D eigenvalue weighted by Gasteiger charge is -2.38. The van der Waals surface area contributed by atoms with Gasteiger partial charge in [0.1, 0.15) is 6.17 Å². The molecule has 2 nitrogen and oxygen atoms in total. The third-order valence-electron chi connectivity index (χ3n) is 3.41. The average Bonchev–Trinajstić information content (AvgIpc) is 2.33. The molecule has 0 saturated carbocycles. The van der Waals surface area contributed by atoms with Gasteiger partial charge in [0.25, 0.3) is 0 Å². The van der Waals surface area contributed by atoms with Crippen molar-refractivity contribution in [2.45, 2.75) is 52.1 Å². The molecule has 0 radical (unpaired) electrons. The van der Waals surface area contributed by atoms with Crippen LogP contribution in [0.5, 0.6) is 0 Å². The van der Waals surface area contributed by atoms with Crippen LogP contribution >= 0.6 is 12.4 Å². The molecule has 106 valence electrons. The second-order valence-electron chi connectivity index (χ2n) is 5.06. The molecule has 0 amide bonds. The predicted molar refractivity (Wildman–Crippen MR) is 83.1 cm³/mol. The van der Waals surface area contributed by atoms with Gasteiger partial charge >= 0.3 is 0 Å². The van der Waals surface area contributed by atoms with E-state index < -0.39 is 0 Å². The zero-order chi connectivity index (χ0) is 12.7. The van der Waals surface area contributed by atoms with E-state index in [-0.39, 0.29) is 12.4 Å². The molecular weight excluding hydrogens is 244 g/mol. The number of unbranched alkanes of at least 4 members (excludes halogenated alkanes) is 3. The summed E-state index contributed by atoms with van der Waals surface area (Å²) in [6.07, 6.45) is 13.8. The van der Waals surface area contributed by atoms with Crippen molar-refractivity contribution in [1.82, 2.24) is 9.80 Å². The highest BCUT2D eigenvalue weighted by atomic mass is 35.5. The van der Waals surface area contributed by atoms with Gasteiger partial charge in [-0.25, -0.2) is 0 Å². The number of allylic oxidation sites excluding steroid dienone is 2. The summed E-state index contributed by atoms with van der Waals surface area (Å²) in [5, 5.41) is 0. The van der Waals surface area contributed by atoms with E-state index in [0.717, 1.165) is 6.54 Å². The molecule has 0 spiro atoms. The van der Waals surface area contributed by atoms with Crippen molar-refractivity contribution >= 4 is 12.4 Å². The minimum Gasteiger partial charge on any atom is -0.359 e. The number of rotatable bonds is 7. The van der Waals surface area contributed by atoms with E-state index >= 15 is 0 Å². The Bertz CT molecular complexity index is 272. The minimum atomic E-state index is 0. The third kappa shape index (κ3) is 5.03. The van der Waals surface area contributed by atoms with E-state index in [1.807, 2.05) is 0 Å². The summed E-state index contributed by atoms with van der Waals surface area (Å²) in [6.45, 7) is 5.57. The Labute approximate surface area is 119 Å². The molecule has 0 bridgehead atoms. The summed E-state index contributed by atoms with van der Waals surface area (Å²) in [4.78, 5) is 4.73. The monoisotopic (exact) mass is 272 g/mol. The zero-order valence-corrected chi connectivity index (χ0v) is 13.2. The molecular formula is C15H29ClN2. The van der Waals surface area contributed by atoms with Crippen molar-refractivity contribution in [1.29, 1.82) is 0 Å². The lowest BCUT2D eigenvalue weighted by Crippen LogP contribution is -2.44. The fraction of sp³-hybridized carbons (Fsp3) is 0.733. The van der Waals surface area contributed by atoms with E-state index in [0.29, 0.717) is 6.17 Å². The van der Waals surface area contributed by atoms with Gasteiger partial charge in [-0.05, 0) is 45.5 Å². The van der Waals surface area contributed by atoms with Crippen molar-refractivity contribution < 1.29 is 0 Å². The van der Waals surface area contributed by atoms with E-state index in [1.54, 1.807) is 5.57 Å². The summed E-state index contributed by atoms with van der Waals surface area (Å²) in [7, 11) is 4.35. The maximum atomic E-state index is 2.41. The molecule has 1 rings (SSSR count). The minimum absolute atomic E-state index is 0. The number of hydrogen-bond acceptors (Lipinski definition) is 2. The fourth-order valence-corrected chi connectivity index (χ4v) is 2.53. The average molecular weight is 273 g/mol. The standard InChI is InChI=1S/C15H28N2.ClH/c1-5-7-8-9-11-14-12-10-13-17(6-2)15(14)16(3)4;/h10,12-13,15H,5-9,11H2,1-4H3;1H. The van der Waals surface area contributed by atoms with Gasteiger partial charge in [0, 0.05) is 12.7 Å². The first-order chi connectivity index (χ1) is 8.20. The molecule has 0 aromatic heterocycles. The smallest absolute Gasteiger partial charge is 0.103 e. The summed E-state index contributed by atoms with van der Waals surface area (Å²) in [5.41, 5.74) is 1.57. The molecule has 1 unspecified atom stereocenters. The second-order valence-corrected chi connectivity index (χ2v) is 5.06. The second kappa shape index (κ2) is 9.46. The van der Waals surface area contributed by atoms with E-state index in [1.165, 1.54) is 32.1 Å². The Morgan fingerprint density at radius 3 is 2.44 bits per heavy atom. The summed E-state index contributed by atoms with van der Waals surface area (Å²) in [6, 6.07) is 0. The van der Waals surface area contributed by atoms with Crippen LogP contribution in [0.1, 0.15) is 46.0 Å². The summed E-state index contributed by atoms with van der Waals surface area (Å²) >= 11 is 0. The fourth-order valence-electron chi connectivity index (χ4n) is 2.53. The summed E-state index contributed by atoms with van der Waals surface area (Å²) in [5.74, 6) is 0. The Balaban J connectivity index is 0.00000289. The SMILES string of the molecule is CCCCCCC1=CC=CN(CC)C1N(C)C.Cl. The van der Waals surface area contributed by atoms with Gasteiger partial charge < -0.3 is 4.90 Å². The van der Waals surface area contributed by atoms with Gasteiger partial charge in [-0.3, -0.25) is 4.90 Å². The molecule has 0 N–H and O–H groups in total. The first-order valence-electron chi connectivity index (χ1n) is 7.00. The Morgan fingerprint density at radius 2 is 1.89 bits per heavy atom.